The summed E-state index contributed by atoms with van der Waals surface area (Å²) in [4.78, 5) is 4.10. The SMILES string of the molecule is COCCc1noc(COCCN)n1. The third-order valence-corrected chi connectivity index (χ3v) is 1.53. The molecule has 0 radical (unpaired) electrons. The molecule has 0 bridgehead atoms. The molecular formula is C8H15N3O3. The summed E-state index contributed by atoms with van der Waals surface area (Å²) < 4.78 is 14.9. The third-order valence-electron chi connectivity index (χ3n) is 1.53. The van der Waals surface area contributed by atoms with Crippen LogP contribution in [0.15, 0.2) is 4.52 Å². The first kappa shape index (κ1) is 11.1. The summed E-state index contributed by atoms with van der Waals surface area (Å²) in [5.41, 5.74) is 5.26. The molecule has 1 heterocycles. The first-order valence-electron chi connectivity index (χ1n) is 4.45. The molecule has 0 aliphatic rings. The maximum atomic E-state index is 5.26. The minimum absolute atomic E-state index is 0.317. The van der Waals surface area contributed by atoms with E-state index in [1.807, 2.05) is 0 Å². The monoisotopic (exact) mass is 201 g/mol. The van der Waals surface area contributed by atoms with Crippen molar-refractivity contribution in [2.45, 2.75) is 13.0 Å². The van der Waals surface area contributed by atoms with Crippen LogP contribution in [0.1, 0.15) is 11.7 Å². The van der Waals surface area contributed by atoms with Crippen LogP contribution in [0.3, 0.4) is 0 Å². The average Bonchev–Trinajstić information content (AvgIpc) is 2.63. The minimum Gasteiger partial charge on any atom is -0.384 e. The van der Waals surface area contributed by atoms with E-state index in [4.69, 9.17) is 19.7 Å². The van der Waals surface area contributed by atoms with E-state index in [0.717, 1.165) is 0 Å². The topological polar surface area (TPSA) is 83.4 Å². The Hall–Kier alpha value is -0.980. The van der Waals surface area contributed by atoms with Gasteiger partial charge >= 0.3 is 0 Å². The molecule has 6 heteroatoms. The normalized spacial score (nSPS) is 10.7. The van der Waals surface area contributed by atoms with Gasteiger partial charge in [-0.15, -0.1) is 0 Å². The smallest absolute Gasteiger partial charge is 0.252 e. The molecule has 0 saturated heterocycles. The number of methoxy groups -OCH3 is 1. The number of aromatic nitrogens is 2. The van der Waals surface area contributed by atoms with Crippen molar-refractivity contribution in [2.75, 3.05) is 26.9 Å². The Bertz CT molecular complexity index is 252. The Morgan fingerprint density at radius 1 is 1.43 bits per heavy atom. The van der Waals surface area contributed by atoms with Gasteiger partial charge in [-0.25, -0.2) is 0 Å². The number of hydrogen-bond donors (Lipinski definition) is 1. The van der Waals surface area contributed by atoms with Crippen molar-refractivity contribution in [2.24, 2.45) is 5.73 Å². The summed E-state index contributed by atoms with van der Waals surface area (Å²) in [6.07, 6.45) is 0.650. The number of nitrogens with zero attached hydrogens (tertiary/aromatic N) is 2. The molecule has 0 saturated carbocycles. The fourth-order valence-corrected chi connectivity index (χ4v) is 0.886. The molecule has 0 fully saturated rings. The lowest BCUT2D eigenvalue weighted by molar-refractivity contribution is 0.104. The van der Waals surface area contributed by atoms with E-state index in [0.29, 0.717) is 44.5 Å². The average molecular weight is 201 g/mol. The Morgan fingerprint density at radius 3 is 3.00 bits per heavy atom. The molecule has 0 spiro atoms. The predicted molar refractivity (Wildman–Crippen MR) is 48.6 cm³/mol. The molecule has 1 aromatic rings. The highest BCUT2D eigenvalue weighted by atomic mass is 16.5. The molecule has 0 amide bonds. The highest BCUT2D eigenvalue weighted by Crippen LogP contribution is 1.99. The number of ether oxygens (including phenoxy) is 2. The van der Waals surface area contributed by atoms with Crippen LogP contribution in [0.25, 0.3) is 0 Å². The van der Waals surface area contributed by atoms with Crippen molar-refractivity contribution in [3.05, 3.63) is 11.7 Å². The fourth-order valence-electron chi connectivity index (χ4n) is 0.886. The van der Waals surface area contributed by atoms with Gasteiger partial charge < -0.3 is 19.7 Å². The molecule has 0 aliphatic carbocycles. The summed E-state index contributed by atoms with van der Waals surface area (Å²) in [5, 5.41) is 3.76. The van der Waals surface area contributed by atoms with Gasteiger partial charge in [-0.05, 0) is 0 Å². The second kappa shape index (κ2) is 6.47. The molecule has 0 aromatic carbocycles. The summed E-state index contributed by atoms with van der Waals surface area (Å²) in [7, 11) is 1.63. The van der Waals surface area contributed by atoms with E-state index in [1.54, 1.807) is 7.11 Å². The van der Waals surface area contributed by atoms with Gasteiger partial charge in [-0.2, -0.15) is 4.98 Å². The van der Waals surface area contributed by atoms with Crippen molar-refractivity contribution in [3.8, 4) is 0 Å². The van der Waals surface area contributed by atoms with Crippen LogP contribution in [0.4, 0.5) is 0 Å². The van der Waals surface area contributed by atoms with Crippen molar-refractivity contribution in [1.82, 2.24) is 10.1 Å². The van der Waals surface area contributed by atoms with Crippen molar-refractivity contribution in [1.29, 1.82) is 0 Å². The molecule has 0 aliphatic heterocycles. The van der Waals surface area contributed by atoms with Crippen molar-refractivity contribution in [3.63, 3.8) is 0 Å². The van der Waals surface area contributed by atoms with E-state index in [2.05, 4.69) is 10.1 Å². The van der Waals surface area contributed by atoms with Gasteiger partial charge in [-0.3, -0.25) is 0 Å². The first-order chi connectivity index (χ1) is 6.86. The largest absolute Gasteiger partial charge is 0.384 e. The molecule has 0 unspecified atom stereocenters. The lowest BCUT2D eigenvalue weighted by Gasteiger charge is -1.95. The molecule has 2 N–H and O–H groups in total. The summed E-state index contributed by atoms with van der Waals surface area (Å²) in [6, 6.07) is 0. The zero-order valence-electron chi connectivity index (χ0n) is 8.23. The highest BCUT2D eigenvalue weighted by molar-refractivity contribution is 4.84. The van der Waals surface area contributed by atoms with E-state index in [-0.39, 0.29) is 0 Å². The van der Waals surface area contributed by atoms with Crippen molar-refractivity contribution < 1.29 is 14.0 Å². The first-order valence-corrected chi connectivity index (χ1v) is 4.45. The molecule has 14 heavy (non-hydrogen) atoms. The zero-order valence-corrected chi connectivity index (χ0v) is 8.23. The van der Waals surface area contributed by atoms with Gasteiger partial charge in [0.15, 0.2) is 5.82 Å². The van der Waals surface area contributed by atoms with Gasteiger partial charge in [0.2, 0.25) is 0 Å². The molecule has 80 valence electrons. The maximum absolute atomic E-state index is 5.26. The van der Waals surface area contributed by atoms with Crippen LogP contribution in [0.2, 0.25) is 0 Å². The van der Waals surface area contributed by atoms with Crippen LogP contribution in [-0.4, -0.2) is 37.0 Å². The van der Waals surface area contributed by atoms with Crippen LogP contribution < -0.4 is 5.73 Å². The molecule has 0 atom stereocenters. The Morgan fingerprint density at radius 2 is 2.29 bits per heavy atom. The second-order valence-corrected chi connectivity index (χ2v) is 2.69. The van der Waals surface area contributed by atoms with E-state index in [9.17, 15) is 0 Å². The lowest BCUT2D eigenvalue weighted by Crippen LogP contribution is -2.08. The standard InChI is InChI=1S/C8H15N3O3/c1-12-4-2-7-10-8(14-11-7)6-13-5-3-9/h2-6,9H2,1H3. The second-order valence-electron chi connectivity index (χ2n) is 2.69. The number of nitrogens with two attached hydrogens (primary N) is 1. The van der Waals surface area contributed by atoms with E-state index >= 15 is 0 Å². The van der Waals surface area contributed by atoms with Gasteiger partial charge in [0, 0.05) is 20.1 Å². The summed E-state index contributed by atoms with van der Waals surface area (Å²) >= 11 is 0. The quantitative estimate of drug-likeness (QED) is 0.611. The number of rotatable bonds is 7. The third kappa shape index (κ3) is 3.82. The van der Waals surface area contributed by atoms with Gasteiger partial charge in [-0.1, -0.05) is 5.16 Å². The van der Waals surface area contributed by atoms with Crippen LogP contribution in [0.5, 0.6) is 0 Å². The van der Waals surface area contributed by atoms with E-state index in [1.165, 1.54) is 0 Å². The van der Waals surface area contributed by atoms with Gasteiger partial charge in [0.25, 0.3) is 5.89 Å². The van der Waals surface area contributed by atoms with Gasteiger partial charge in [0.05, 0.1) is 13.2 Å². The Labute approximate surface area is 82.4 Å². The maximum Gasteiger partial charge on any atom is 0.252 e. The highest BCUT2D eigenvalue weighted by Gasteiger charge is 2.05. The van der Waals surface area contributed by atoms with Crippen LogP contribution in [0, 0.1) is 0 Å². The molecule has 1 aromatic heterocycles. The summed E-state index contributed by atoms with van der Waals surface area (Å²) in [5.74, 6) is 1.11. The zero-order chi connectivity index (χ0) is 10.2. The molecule has 1 rings (SSSR count). The lowest BCUT2D eigenvalue weighted by atomic mass is 10.4. The fraction of sp³-hybridized carbons (Fsp3) is 0.750. The van der Waals surface area contributed by atoms with Crippen molar-refractivity contribution >= 4 is 0 Å². The number of hydrogen-bond acceptors (Lipinski definition) is 6. The minimum atomic E-state index is 0.317. The Kier molecular flexibility index (Phi) is 5.13. The van der Waals surface area contributed by atoms with Crippen LogP contribution in [-0.2, 0) is 22.5 Å². The Balaban J connectivity index is 2.27. The van der Waals surface area contributed by atoms with Gasteiger partial charge in [0.1, 0.15) is 6.61 Å². The van der Waals surface area contributed by atoms with Crippen LogP contribution >= 0.6 is 0 Å². The molecule has 6 nitrogen and oxygen atoms in total. The summed E-state index contributed by atoms with van der Waals surface area (Å²) in [6.45, 7) is 1.89. The van der Waals surface area contributed by atoms with E-state index < -0.39 is 0 Å². The molecular weight excluding hydrogens is 186 g/mol. The predicted octanol–water partition coefficient (Wildman–Crippen LogP) is -0.266.